The number of fused-ring (bicyclic) bond motifs is 2. The number of rotatable bonds is 6. The number of aryl methyl sites for hydroxylation is 1. The molecule has 0 radical (unpaired) electrons. The lowest BCUT2D eigenvalue weighted by molar-refractivity contribution is 0.128. The van der Waals surface area contributed by atoms with Gasteiger partial charge in [-0.15, -0.1) is 0 Å². The van der Waals surface area contributed by atoms with Crippen molar-refractivity contribution in [3.63, 3.8) is 0 Å². The molecule has 34 heavy (non-hydrogen) atoms. The van der Waals surface area contributed by atoms with Crippen molar-refractivity contribution >= 4 is 28.2 Å². The summed E-state index contributed by atoms with van der Waals surface area (Å²) in [4.78, 5) is 18.8. The lowest BCUT2D eigenvalue weighted by atomic mass is 9.78. The average Bonchev–Trinajstić information content (AvgIpc) is 2.82. The fraction of sp³-hybridized carbons (Fsp3) is 0.333. The van der Waals surface area contributed by atoms with Crippen LogP contribution in [-0.2, 0) is 16.8 Å². The molecule has 1 aliphatic heterocycles. The minimum absolute atomic E-state index is 0.162. The van der Waals surface area contributed by atoms with Crippen LogP contribution in [0.5, 0.6) is 0 Å². The Morgan fingerprint density at radius 2 is 1.97 bits per heavy atom. The predicted molar refractivity (Wildman–Crippen MR) is 136 cm³/mol. The highest BCUT2D eigenvalue weighted by Gasteiger charge is 2.27. The fourth-order valence-corrected chi connectivity index (χ4v) is 4.43. The highest BCUT2D eigenvalue weighted by molar-refractivity contribution is 5.90. The molecule has 4 aromatic rings. The van der Waals surface area contributed by atoms with Gasteiger partial charge in [-0.25, -0.2) is 15.0 Å². The maximum Gasteiger partial charge on any atom is 0.165 e. The van der Waals surface area contributed by atoms with Crippen molar-refractivity contribution in [2.24, 2.45) is 0 Å². The molecule has 0 aliphatic carbocycles. The van der Waals surface area contributed by atoms with E-state index in [2.05, 4.69) is 47.7 Å². The van der Waals surface area contributed by atoms with E-state index in [1.54, 1.807) is 6.20 Å². The van der Waals surface area contributed by atoms with Crippen LogP contribution in [0.4, 0.5) is 17.2 Å². The molecular formula is C27H30N6O. The number of nitrogens with one attached hydrogen (secondary N) is 2. The van der Waals surface area contributed by atoms with Gasteiger partial charge < -0.3 is 15.4 Å². The molecule has 1 aromatic carbocycles. The maximum atomic E-state index is 5.60. The number of anilines is 3. The first-order valence-electron chi connectivity index (χ1n) is 11.8. The third-order valence-electron chi connectivity index (χ3n) is 6.37. The second-order valence-electron chi connectivity index (χ2n) is 9.31. The number of benzene rings is 1. The van der Waals surface area contributed by atoms with Crippen LogP contribution in [0.1, 0.15) is 44.1 Å². The molecule has 5 rings (SSSR count). The average molecular weight is 455 g/mol. The van der Waals surface area contributed by atoms with E-state index in [1.165, 1.54) is 11.3 Å². The molecule has 0 amide bonds. The Balaban J connectivity index is 1.56. The van der Waals surface area contributed by atoms with Gasteiger partial charge in [0, 0.05) is 30.7 Å². The fourth-order valence-electron chi connectivity index (χ4n) is 4.43. The quantitative estimate of drug-likeness (QED) is 0.383. The number of hydrogen-bond donors (Lipinski definition) is 2. The summed E-state index contributed by atoms with van der Waals surface area (Å²) in [5.74, 6) is 1.31. The van der Waals surface area contributed by atoms with E-state index >= 15 is 0 Å². The van der Waals surface area contributed by atoms with Gasteiger partial charge in [-0.05, 0) is 67.1 Å². The molecule has 0 atom stereocenters. The summed E-state index contributed by atoms with van der Waals surface area (Å²) in [7, 11) is 0. The molecule has 7 heteroatoms. The normalized spacial score (nSPS) is 14.5. The first-order chi connectivity index (χ1) is 16.4. The van der Waals surface area contributed by atoms with E-state index in [1.807, 2.05) is 38.1 Å². The van der Waals surface area contributed by atoms with Gasteiger partial charge >= 0.3 is 0 Å². The SMILES string of the molecule is CCOCc1nc(Nc2ccc3c(c2)NCCC3(C)C)c2ccc(-c3ncccc3C)nc2n1. The Hall–Kier alpha value is -3.58. The number of ether oxygens (including phenoxy) is 1. The van der Waals surface area contributed by atoms with Gasteiger partial charge in [0.1, 0.15) is 12.4 Å². The van der Waals surface area contributed by atoms with Gasteiger partial charge in [-0.3, -0.25) is 4.98 Å². The molecule has 0 fully saturated rings. The lowest BCUT2D eigenvalue weighted by Gasteiger charge is -2.33. The second-order valence-corrected chi connectivity index (χ2v) is 9.31. The number of hydrogen-bond acceptors (Lipinski definition) is 7. The highest BCUT2D eigenvalue weighted by atomic mass is 16.5. The highest BCUT2D eigenvalue weighted by Crippen LogP contribution is 2.38. The standard InChI is InChI=1S/C27H30N6O/c1-5-34-16-23-32-25(30-18-8-10-20-22(15-18)28-14-12-27(20,3)4)19-9-11-21(31-26(19)33-23)24-17(2)7-6-13-29-24/h6-11,13,15,28H,5,12,14,16H2,1-4H3,(H,30,31,32,33). The zero-order chi connectivity index (χ0) is 23.7. The van der Waals surface area contributed by atoms with Crippen molar-refractivity contribution in [3.05, 3.63) is 65.6 Å². The summed E-state index contributed by atoms with van der Waals surface area (Å²) >= 11 is 0. The van der Waals surface area contributed by atoms with E-state index in [4.69, 9.17) is 19.7 Å². The Morgan fingerprint density at radius 3 is 2.79 bits per heavy atom. The summed E-state index contributed by atoms with van der Waals surface area (Å²) in [5.41, 5.74) is 6.97. The molecule has 174 valence electrons. The van der Waals surface area contributed by atoms with Crippen molar-refractivity contribution in [1.29, 1.82) is 0 Å². The molecule has 4 heterocycles. The Labute approximate surface area is 200 Å². The molecule has 0 bridgehead atoms. The molecular weight excluding hydrogens is 424 g/mol. The van der Waals surface area contributed by atoms with Crippen molar-refractivity contribution < 1.29 is 4.74 Å². The molecule has 0 saturated heterocycles. The van der Waals surface area contributed by atoms with E-state index < -0.39 is 0 Å². The first kappa shape index (κ1) is 22.2. The monoisotopic (exact) mass is 454 g/mol. The van der Waals surface area contributed by atoms with Crippen LogP contribution < -0.4 is 10.6 Å². The molecule has 2 N–H and O–H groups in total. The largest absolute Gasteiger partial charge is 0.385 e. The predicted octanol–water partition coefficient (Wildman–Crippen LogP) is 5.77. The van der Waals surface area contributed by atoms with E-state index in [0.29, 0.717) is 30.5 Å². The zero-order valence-electron chi connectivity index (χ0n) is 20.1. The molecule has 0 unspecified atom stereocenters. The van der Waals surface area contributed by atoms with Crippen LogP contribution >= 0.6 is 0 Å². The maximum absolute atomic E-state index is 5.60. The zero-order valence-corrected chi connectivity index (χ0v) is 20.1. The van der Waals surface area contributed by atoms with Crippen molar-refractivity contribution in [1.82, 2.24) is 19.9 Å². The smallest absolute Gasteiger partial charge is 0.165 e. The number of nitrogens with zero attached hydrogens (tertiary/aromatic N) is 4. The van der Waals surface area contributed by atoms with E-state index in [9.17, 15) is 0 Å². The molecule has 7 nitrogen and oxygen atoms in total. The third kappa shape index (κ3) is 4.31. The van der Waals surface area contributed by atoms with Crippen LogP contribution in [-0.4, -0.2) is 33.1 Å². The Kier molecular flexibility index (Phi) is 5.87. The van der Waals surface area contributed by atoms with E-state index in [0.717, 1.165) is 41.0 Å². The lowest BCUT2D eigenvalue weighted by Crippen LogP contribution is -2.28. The summed E-state index contributed by atoms with van der Waals surface area (Å²) in [6, 6.07) is 14.4. The first-order valence-corrected chi connectivity index (χ1v) is 11.8. The molecule has 3 aromatic heterocycles. The van der Waals surface area contributed by atoms with Gasteiger partial charge in [0.25, 0.3) is 0 Å². The van der Waals surface area contributed by atoms with Crippen LogP contribution in [0, 0.1) is 6.92 Å². The number of pyridine rings is 2. The summed E-state index contributed by atoms with van der Waals surface area (Å²) in [6.45, 7) is 10.5. The summed E-state index contributed by atoms with van der Waals surface area (Å²) in [5, 5.41) is 7.90. The summed E-state index contributed by atoms with van der Waals surface area (Å²) < 4.78 is 5.60. The van der Waals surface area contributed by atoms with E-state index in [-0.39, 0.29) is 5.41 Å². The molecule has 0 spiro atoms. The van der Waals surface area contributed by atoms with Crippen LogP contribution in [0.25, 0.3) is 22.4 Å². The van der Waals surface area contributed by atoms with Gasteiger partial charge in [0.2, 0.25) is 0 Å². The van der Waals surface area contributed by atoms with Gasteiger partial charge in [-0.1, -0.05) is 26.0 Å². The Morgan fingerprint density at radius 1 is 1.09 bits per heavy atom. The van der Waals surface area contributed by atoms with Crippen molar-refractivity contribution in [2.75, 3.05) is 23.8 Å². The minimum Gasteiger partial charge on any atom is -0.385 e. The number of aromatic nitrogens is 4. The molecule has 0 saturated carbocycles. The topological polar surface area (TPSA) is 84.9 Å². The van der Waals surface area contributed by atoms with Gasteiger partial charge in [0.15, 0.2) is 11.5 Å². The third-order valence-corrected chi connectivity index (χ3v) is 6.37. The second kappa shape index (κ2) is 8.99. The molecule has 1 aliphatic rings. The van der Waals surface area contributed by atoms with Crippen molar-refractivity contribution in [2.45, 2.75) is 46.1 Å². The van der Waals surface area contributed by atoms with Gasteiger partial charge in [0.05, 0.1) is 16.8 Å². The van der Waals surface area contributed by atoms with Gasteiger partial charge in [-0.2, -0.15) is 0 Å². The summed E-state index contributed by atoms with van der Waals surface area (Å²) in [6.07, 6.45) is 2.90. The Bertz CT molecular complexity index is 1350. The van der Waals surface area contributed by atoms with Crippen LogP contribution in [0.2, 0.25) is 0 Å². The van der Waals surface area contributed by atoms with Crippen molar-refractivity contribution in [3.8, 4) is 11.4 Å². The van der Waals surface area contributed by atoms with Crippen LogP contribution in [0.15, 0.2) is 48.7 Å². The minimum atomic E-state index is 0.162. The van der Waals surface area contributed by atoms with Crippen LogP contribution in [0.3, 0.4) is 0 Å².